The summed E-state index contributed by atoms with van der Waals surface area (Å²) in [4.78, 5) is 48.2. The third-order valence-electron chi connectivity index (χ3n) is 12.1. The van der Waals surface area contributed by atoms with E-state index in [1.165, 1.54) is 12.7 Å². The topological polar surface area (TPSA) is 211 Å². The van der Waals surface area contributed by atoms with Crippen LogP contribution in [0.3, 0.4) is 0 Å². The number of nitrogens with zero attached hydrogens (tertiary/aromatic N) is 11. The van der Waals surface area contributed by atoms with Gasteiger partial charge in [0.15, 0.2) is 11.3 Å². The number of hydrogen-bond acceptors (Lipinski definition) is 14. The number of carbonyl (C=O) groups excluding carboxylic acids is 2. The van der Waals surface area contributed by atoms with E-state index in [0.29, 0.717) is 77.9 Å². The quantitative estimate of drug-likeness (QED) is 0.101. The van der Waals surface area contributed by atoms with Crippen LogP contribution in [0.1, 0.15) is 24.9 Å². The third-order valence-corrected chi connectivity index (χ3v) is 12.1. The first-order valence-corrected chi connectivity index (χ1v) is 23.3. The highest BCUT2D eigenvalue weighted by atomic mass is 16.5. The molecule has 10 rings (SSSR count). The molecule has 71 heavy (non-hydrogen) atoms. The smallest absolute Gasteiger partial charge is 0.246 e. The summed E-state index contributed by atoms with van der Waals surface area (Å²) in [5, 5.41) is 11.2. The molecule has 4 aromatic heterocycles. The average Bonchev–Trinajstić information content (AvgIpc) is 4.22. The number of ether oxygens (including phenoxy) is 3. The minimum absolute atomic E-state index is 0.00226. The van der Waals surface area contributed by atoms with E-state index in [1.54, 1.807) is 25.3 Å². The first-order valence-electron chi connectivity index (χ1n) is 23.3. The molecule has 0 radical (unpaired) electrons. The Morgan fingerprint density at radius 3 is 1.45 bits per heavy atom. The number of anilines is 2. The number of para-hydroxylation sites is 2. The molecule has 2 fully saturated rings. The van der Waals surface area contributed by atoms with Crippen molar-refractivity contribution in [1.29, 1.82) is 0 Å². The van der Waals surface area contributed by atoms with Crippen LogP contribution in [0, 0.1) is 0 Å². The van der Waals surface area contributed by atoms with Crippen LogP contribution in [-0.4, -0.2) is 127 Å². The van der Waals surface area contributed by atoms with E-state index >= 15 is 0 Å². The number of fused-ring (bicyclic) bond motifs is 2. The lowest BCUT2D eigenvalue weighted by molar-refractivity contribution is -0.125. The molecule has 0 aliphatic carbocycles. The van der Waals surface area contributed by atoms with E-state index in [9.17, 15) is 9.59 Å². The van der Waals surface area contributed by atoms with E-state index in [4.69, 9.17) is 35.9 Å². The van der Waals surface area contributed by atoms with E-state index in [0.717, 1.165) is 53.5 Å². The second kappa shape index (κ2) is 21.9. The van der Waals surface area contributed by atoms with Gasteiger partial charge in [-0.2, -0.15) is 10.2 Å². The summed E-state index contributed by atoms with van der Waals surface area (Å²) >= 11 is 0. The molecule has 4 aromatic carbocycles. The summed E-state index contributed by atoms with van der Waals surface area (Å²) in [5.41, 5.74) is 17.1. The lowest BCUT2D eigenvalue weighted by Crippen LogP contribution is -2.28. The van der Waals surface area contributed by atoms with Gasteiger partial charge in [0.2, 0.25) is 11.8 Å². The van der Waals surface area contributed by atoms with Crippen molar-refractivity contribution in [3.8, 4) is 45.5 Å². The van der Waals surface area contributed by atoms with Crippen LogP contribution in [0.5, 0.6) is 23.0 Å². The molecule has 2 aliphatic rings. The Balaban J connectivity index is 0.000000176. The number of nitrogen functional groups attached to an aromatic ring is 2. The molecule has 18 nitrogen and oxygen atoms in total. The number of carbonyl (C=O) groups is 2. The number of benzene rings is 4. The highest BCUT2D eigenvalue weighted by molar-refractivity contribution is 5.99. The van der Waals surface area contributed by atoms with Gasteiger partial charge in [-0.25, -0.2) is 29.3 Å². The lowest BCUT2D eigenvalue weighted by atomic mass is 10.1. The number of aromatic nitrogens is 8. The number of amides is 2. The zero-order valence-corrected chi connectivity index (χ0v) is 39.8. The molecule has 4 N–H and O–H groups in total. The molecular weight excluding hydrogens is 899 g/mol. The molecule has 2 atom stereocenters. The first kappa shape index (κ1) is 47.6. The van der Waals surface area contributed by atoms with Gasteiger partial charge < -0.3 is 40.4 Å². The summed E-state index contributed by atoms with van der Waals surface area (Å²) < 4.78 is 20.6. The normalized spacial score (nSPS) is 15.8. The Bertz CT molecular complexity index is 3160. The van der Waals surface area contributed by atoms with Crippen molar-refractivity contribution >= 4 is 45.5 Å². The van der Waals surface area contributed by atoms with Crippen LogP contribution in [-0.2, 0) is 14.3 Å². The molecule has 0 bridgehead atoms. The Kier molecular flexibility index (Phi) is 14.7. The van der Waals surface area contributed by atoms with Crippen LogP contribution in [0.2, 0.25) is 0 Å². The maximum atomic E-state index is 12.6. The van der Waals surface area contributed by atoms with E-state index in [2.05, 4.69) is 19.9 Å². The predicted molar refractivity (Wildman–Crippen MR) is 273 cm³/mol. The van der Waals surface area contributed by atoms with Crippen molar-refractivity contribution < 1.29 is 23.8 Å². The summed E-state index contributed by atoms with van der Waals surface area (Å²) in [6.45, 7) is 3.54. The van der Waals surface area contributed by atoms with Gasteiger partial charge in [0, 0.05) is 63.1 Å². The van der Waals surface area contributed by atoms with Gasteiger partial charge in [0.25, 0.3) is 0 Å². The van der Waals surface area contributed by atoms with Crippen molar-refractivity contribution in [3.63, 3.8) is 0 Å². The molecule has 6 heterocycles. The Hall–Kier alpha value is -8.48. The summed E-state index contributed by atoms with van der Waals surface area (Å²) in [5.74, 6) is 3.71. The standard InChI is InChI=1S/C27H29N7O2.C26H26N6O3/c1-32(2)15-6-9-23(35)33-16-14-20(17-33)34-27-24(26(28)29-18-30-27)25(31-34)19-10-12-22(13-11-19)36-21-7-4-3-5-8-21;1-34-15-5-8-22(33)31-14-13-19(16-31)32-26-23(25(27)28-17-29-26)24(30-32)18-9-11-21(12-10-18)35-20-6-3-2-4-7-20/h3-13,18,20H,14-17H2,1-2H3,(H2,28,29,30);2-12,17,19H,13-16H2,1H3,(H2,27,28,29)/b9-6+;8-5+. The van der Waals surface area contributed by atoms with Gasteiger partial charge >= 0.3 is 0 Å². The fourth-order valence-corrected chi connectivity index (χ4v) is 8.62. The number of hydrogen-bond donors (Lipinski definition) is 2. The van der Waals surface area contributed by atoms with Crippen LogP contribution >= 0.6 is 0 Å². The second-order valence-electron chi connectivity index (χ2n) is 17.4. The van der Waals surface area contributed by atoms with Gasteiger partial charge in [-0.15, -0.1) is 0 Å². The number of nitrogens with two attached hydrogens (primary N) is 2. The SMILES string of the molecule is CN(C)C/C=C/C(=O)N1CCC(n2nc(-c3ccc(Oc4ccccc4)cc3)c3c(N)ncnc32)C1.COC/C=C/C(=O)N1CCC(n2nc(-c3ccc(Oc4ccccc4)cc3)c3c(N)ncnc32)C1. The molecule has 0 spiro atoms. The van der Waals surface area contributed by atoms with E-state index in [1.807, 2.05) is 153 Å². The van der Waals surface area contributed by atoms with Crippen molar-refractivity contribution in [2.24, 2.45) is 0 Å². The molecular formula is C53H55N13O5. The highest BCUT2D eigenvalue weighted by Crippen LogP contribution is 2.37. The van der Waals surface area contributed by atoms with Gasteiger partial charge in [-0.3, -0.25) is 9.59 Å². The Morgan fingerprint density at radius 1 is 0.606 bits per heavy atom. The first-order chi connectivity index (χ1) is 34.6. The van der Waals surface area contributed by atoms with Crippen LogP contribution in [0.15, 0.2) is 146 Å². The molecule has 0 saturated carbocycles. The molecule has 2 saturated heterocycles. The van der Waals surface area contributed by atoms with Crippen molar-refractivity contribution in [3.05, 3.63) is 146 Å². The fraction of sp³-hybridized carbons (Fsp3) is 0.245. The molecule has 2 aliphatic heterocycles. The van der Waals surface area contributed by atoms with Gasteiger partial charge in [0.05, 0.1) is 29.5 Å². The largest absolute Gasteiger partial charge is 0.457 e. The fourth-order valence-electron chi connectivity index (χ4n) is 8.62. The highest BCUT2D eigenvalue weighted by Gasteiger charge is 2.32. The second-order valence-corrected chi connectivity index (χ2v) is 17.4. The van der Waals surface area contributed by atoms with Crippen molar-refractivity contribution in [2.75, 3.05) is 72.0 Å². The maximum Gasteiger partial charge on any atom is 0.246 e. The van der Waals surface area contributed by atoms with Crippen LogP contribution in [0.4, 0.5) is 11.6 Å². The minimum Gasteiger partial charge on any atom is -0.457 e. The van der Waals surface area contributed by atoms with Crippen molar-refractivity contribution in [1.82, 2.24) is 54.2 Å². The van der Waals surface area contributed by atoms with E-state index < -0.39 is 0 Å². The van der Waals surface area contributed by atoms with Crippen molar-refractivity contribution in [2.45, 2.75) is 24.9 Å². The minimum atomic E-state index is -0.0376. The predicted octanol–water partition coefficient (Wildman–Crippen LogP) is 7.60. The van der Waals surface area contributed by atoms with Gasteiger partial charge in [-0.1, -0.05) is 48.6 Å². The molecule has 2 amide bonds. The lowest BCUT2D eigenvalue weighted by Gasteiger charge is -2.15. The Morgan fingerprint density at radius 2 is 1.03 bits per heavy atom. The average molecular weight is 954 g/mol. The van der Waals surface area contributed by atoms with Crippen LogP contribution in [0.25, 0.3) is 44.6 Å². The van der Waals surface area contributed by atoms with Crippen LogP contribution < -0.4 is 20.9 Å². The monoisotopic (exact) mass is 953 g/mol. The maximum absolute atomic E-state index is 12.6. The summed E-state index contributed by atoms with van der Waals surface area (Å²) in [7, 11) is 5.54. The summed E-state index contributed by atoms with van der Waals surface area (Å²) in [6, 6.07) is 34.7. The zero-order valence-electron chi connectivity index (χ0n) is 39.8. The van der Waals surface area contributed by atoms with E-state index in [-0.39, 0.29) is 23.9 Å². The van der Waals surface area contributed by atoms with Gasteiger partial charge in [0.1, 0.15) is 58.7 Å². The number of rotatable bonds is 14. The summed E-state index contributed by atoms with van der Waals surface area (Å²) in [6.07, 6.45) is 11.3. The Labute approximate surface area is 410 Å². The molecule has 362 valence electrons. The number of likely N-dealkylation sites (tertiary alicyclic amines) is 2. The number of methoxy groups -OCH3 is 1. The molecule has 18 heteroatoms. The third kappa shape index (κ3) is 11.0. The van der Waals surface area contributed by atoms with Gasteiger partial charge in [-0.05, 0) is 99.7 Å². The molecule has 8 aromatic rings. The number of likely N-dealkylation sites (N-methyl/N-ethyl adjacent to an activating group) is 1. The molecule has 2 unspecified atom stereocenters. The zero-order chi connectivity index (χ0) is 49.3.